The van der Waals surface area contributed by atoms with Gasteiger partial charge in [0.25, 0.3) is 0 Å². The molecule has 0 aromatic heterocycles. The highest BCUT2D eigenvalue weighted by atomic mass is 16.3. The summed E-state index contributed by atoms with van der Waals surface area (Å²) < 4.78 is 0. The molecule has 2 nitrogen and oxygen atoms in total. The van der Waals surface area contributed by atoms with Gasteiger partial charge in [0.15, 0.2) is 0 Å². The summed E-state index contributed by atoms with van der Waals surface area (Å²) in [7, 11) is 0. The number of hydrogen-bond donors (Lipinski definition) is 2. The van der Waals surface area contributed by atoms with Crippen molar-refractivity contribution in [1.29, 1.82) is 0 Å². The van der Waals surface area contributed by atoms with Gasteiger partial charge in [0.05, 0.1) is 6.61 Å². The third-order valence-electron chi connectivity index (χ3n) is 3.46. The van der Waals surface area contributed by atoms with Gasteiger partial charge in [0, 0.05) is 11.5 Å². The van der Waals surface area contributed by atoms with Crippen molar-refractivity contribution in [2.24, 2.45) is 5.41 Å². The molecule has 2 fully saturated rings. The Morgan fingerprint density at radius 2 is 2.18 bits per heavy atom. The molecule has 2 N–H and O–H groups in total. The normalized spacial score (nSPS) is 43.9. The highest BCUT2D eigenvalue weighted by molar-refractivity contribution is 4.98. The minimum atomic E-state index is 0.276. The van der Waals surface area contributed by atoms with Crippen molar-refractivity contribution < 1.29 is 5.11 Å². The number of aliphatic hydroxyl groups is 1. The molecule has 0 bridgehead atoms. The quantitative estimate of drug-likeness (QED) is 0.589. The van der Waals surface area contributed by atoms with Crippen LogP contribution in [0.4, 0.5) is 0 Å². The smallest absolute Gasteiger partial charge is 0.0502 e. The lowest BCUT2D eigenvalue weighted by Gasteiger charge is -2.38. The Bertz CT molecular complexity index is 148. The summed E-state index contributed by atoms with van der Waals surface area (Å²) in [6.45, 7) is 1.55. The molecule has 11 heavy (non-hydrogen) atoms. The molecule has 2 rings (SSSR count). The Balaban J connectivity index is 2.12. The second-order valence-electron chi connectivity index (χ2n) is 4.02. The molecule has 0 spiro atoms. The van der Waals surface area contributed by atoms with Crippen LogP contribution in [0, 0.1) is 5.41 Å². The van der Waals surface area contributed by atoms with Gasteiger partial charge in [-0.1, -0.05) is 6.42 Å². The molecule has 2 aliphatic rings. The molecule has 1 aliphatic heterocycles. The van der Waals surface area contributed by atoms with E-state index in [4.69, 9.17) is 0 Å². The first-order valence-corrected chi connectivity index (χ1v) is 4.72. The zero-order valence-electron chi connectivity index (χ0n) is 6.97. The van der Waals surface area contributed by atoms with Crippen LogP contribution in [0.3, 0.4) is 0 Å². The van der Waals surface area contributed by atoms with Gasteiger partial charge in [-0.15, -0.1) is 0 Å². The van der Waals surface area contributed by atoms with Crippen molar-refractivity contribution in [3.05, 3.63) is 0 Å². The maximum Gasteiger partial charge on any atom is 0.0502 e. The lowest BCUT2D eigenvalue weighted by molar-refractivity contribution is 0.0717. The van der Waals surface area contributed by atoms with Crippen LogP contribution in [0.1, 0.15) is 32.1 Å². The van der Waals surface area contributed by atoms with E-state index >= 15 is 0 Å². The Morgan fingerprint density at radius 1 is 1.36 bits per heavy atom. The number of rotatable bonds is 1. The molecule has 1 aliphatic carbocycles. The molecule has 0 aromatic carbocycles. The van der Waals surface area contributed by atoms with Crippen LogP contribution < -0.4 is 5.32 Å². The summed E-state index contributed by atoms with van der Waals surface area (Å²) >= 11 is 0. The standard InChI is InChI=1S/C9H17NO/c11-7-9-4-1-3-8(9)10-6-2-5-9/h8,10-11H,1-7H2. The summed E-state index contributed by atoms with van der Waals surface area (Å²) in [5.74, 6) is 0. The van der Waals surface area contributed by atoms with Crippen LogP contribution >= 0.6 is 0 Å². The molecule has 2 unspecified atom stereocenters. The molecule has 2 atom stereocenters. The maximum atomic E-state index is 9.31. The lowest BCUT2D eigenvalue weighted by atomic mass is 9.77. The number of piperidine rings is 1. The predicted octanol–water partition coefficient (Wildman–Crippen LogP) is 0.901. The van der Waals surface area contributed by atoms with E-state index in [9.17, 15) is 5.11 Å². The summed E-state index contributed by atoms with van der Waals surface area (Å²) in [4.78, 5) is 0. The molecular weight excluding hydrogens is 138 g/mol. The Labute approximate surface area is 68.0 Å². The summed E-state index contributed by atoms with van der Waals surface area (Å²) in [6.07, 6.45) is 6.30. The van der Waals surface area contributed by atoms with Crippen molar-refractivity contribution in [2.45, 2.75) is 38.1 Å². The second-order valence-corrected chi connectivity index (χ2v) is 4.02. The van der Waals surface area contributed by atoms with Crippen molar-refractivity contribution in [1.82, 2.24) is 5.32 Å². The second kappa shape index (κ2) is 2.76. The first kappa shape index (κ1) is 7.56. The van der Waals surface area contributed by atoms with Crippen molar-refractivity contribution >= 4 is 0 Å². The van der Waals surface area contributed by atoms with Crippen LogP contribution in [0.2, 0.25) is 0 Å². The van der Waals surface area contributed by atoms with E-state index in [0.717, 1.165) is 6.54 Å². The molecule has 1 saturated carbocycles. The molecule has 64 valence electrons. The largest absolute Gasteiger partial charge is 0.396 e. The van der Waals surface area contributed by atoms with Gasteiger partial charge in [0.2, 0.25) is 0 Å². The molecule has 2 heteroatoms. The third-order valence-corrected chi connectivity index (χ3v) is 3.46. The Hall–Kier alpha value is -0.0800. The van der Waals surface area contributed by atoms with Crippen molar-refractivity contribution in [3.8, 4) is 0 Å². The van der Waals surface area contributed by atoms with Crippen LogP contribution in [0.25, 0.3) is 0 Å². The van der Waals surface area contributed by atoms with Crippen LogP contribution in [-0.2, 0) is 0 Å². The van der Waals surface area contributed by atoms with E-state index < -0.39 is 0 Å². The first-order valence-electron chi connectivity index (χ1n) is 4.72. The van der Waals surface area contributed by atoms with Gasteiger partial charge in [-0.3, -0.25) is 0 Å². The van der Waals surface area contributed by atoms with E-state index in [2.05, 4.69) is 5.32 Å². The number of hydrogen-bond acceptors (Lipinski definition) is 2. The van der Waals surface area contributed by atoms with Gasteiger partial charge >= 0.3 is 0 Å². The zero-order valence-corrected chi connectivity index (χ0v) is 6.97. The van der Waals surface area contributed by atoms with Gasteiger partial charge in [-0.05, 0) is 32.2 Å². The number of aliphatic hydroxyl groups excluding tert-OH is 1. The SMILES string of the molecule is OCC12CCCNC1CCC2. The highest BCUT2D eigenvalue weighted by Gasteiger charge is 2.43. The van der Waals surface area contributed by atoms with Gasteiger partial charge in [-0.2, -0.15) is 0 Å². The minimum Gasteiger partial charge on any atom is -0.396 e. The van der Waals surface area contributed by atoms with Crippen LogP contribution in [0.5, 0.6) is 0 Å². The predicted molar refractivity (Wildman–Crippen MR) is 44.4 cm³/mol. The zero-order chi connectivity index (χ0) is 7.73. The Morgan fingerprint density at radius 3 is 2.91 bits per heavy atom. The average molecular weight is 155 g/mol. The topological polar surface area (TPSA) is 32.3 Å². The fraction of sp³-hybridized carbons (Fsp3) is 1.00. The molecule has 0 aromatic rings. The van der Waals surface area contributed by atoms with Crippen LogP contribution in [-0.4, -0.2) is 24.3 Å². The summed E-state index contributed by atoms with van der Waals surface area (Å²) in [6, 6.07) is 0.626. The molecule has 1 saturated heterocycles. The average Bonchev–Trinajstić information content (AvgIpc) is 2.48. The van der Waals surface area contributed by atoms with E-state index in [1.54, 1.807) is 0 Å². The monoisotopic (exact) mass is 155 g/mol. The summed E-state index contributed by atoms with van der Waals surface area (Å²) in [5.41, 5.74) is 0.276. The van der Waals surface area contributed by atoms with E-state index in [1.807, 2.05) is 0 Å². The van der Waals surface area contributed by atoms with E-state index in [0.29, 0.717) is 12.6 Å². The minimum absolute atomic E-state index is 0.276. The summed E-state index contributed by atoms with van der Waals surface area (Å²) in [5, 5.41) is 12.8. The Kier molecular flexibility index (Phi) is 1.90. The fourth-order valence-corrected chi connectivity index (χ4v) is 2.74. The van der Waals surface area contributed by atoms with Crippen molar-refractivity contribution in [2.75, 3.05) is 13.2 Å². The third kappa shape index (κ3) is 1.09. The molecule has 0 amide bonds. The van der Waals surface area contributed by atoms with Gasteiger partial charge < -0.3 is 10.4 Å². The van der Waals surface area contributed by atoms with Crippen molar-refractivity contribution in [3.63, 3.8) is 0 Å². The first-order chi connectivity index (χ1) is 5.37. The van der Waals surface area contributed by atoms with Gasteiger partial charge in [-0.25, -0.2) is 0 Å². The maximum absolute atomic E-state index is 9.31. The molecular formula is C9H17NO. The van der Waals surface area contributed by atoms with E-state index in [1.165, 1.54) is 32.1 Å². The van der Waals surface area contributed by atoms with Gasteiger partial charge in [0.1, 0.15) is 0 Å². The number of nitrogens with one attached hydrogen (secondary N) is 1. The number of fused-ring (bicyclic) bond motifs is 1. The van der Waals surface area contributed by atoms with Crippen LogP contribution in [0.15, 0.2) is 0 Å². The lowest BCUT2D eigenvalue weighted by Crippen LogP contribution is -2.48. The molecule has 1 heterocycles. The fourth-order valence-electron chi connectivity index (χ4n) is 2.74. The van der Waals surface area contributed by atoms with E-state index in [-0.39, 0.29) is 5.41 Å². The molecule has 0 radical (unpaired) electrons. The highest BCUT2D eigenvalue weighted by Crippen LogP contribution is 2.43.